The molecule has 32 heavy (non-hydrogen) atoms. The van der Waals surface area contributed by atoms with Crippen molar-refractivity contribution in [3.05, 3.63) is 62.9 Å². The van der Waals surface area contributed by atoms with Crippen LogP contribution in [0.2, 0.25) is 0 Å². The predicted octanol–water partition coefficient (Wildman–Crippen LogP) is 3.08. The van der Waals surface area contributed by atoms with Gasteiger partial charge in [0.25, 0.3) is 5.56 Å². The van der Waals surface area contributed by atoms with Gasteiger partial charge in [0.1, 0.15) is 6.61 Å². The average Bonchev–Trinajstić information content (AvgIpc) is 3.16. The van der Waals surface area contributed by atoms with Crippen molar-refractivity contribution in [2.24, 2.45) is 0 Å². The largest absolute Gasteiger partial charge is 0.458 e. The summed E-state index contributed by atoms with van der Waals surface area (Å²) in [4.78, 5) is 29.8. The molecule has 1 atom stereocenters. The number of para-hydroxylation sites is 1. The van der Waals surface area contributed by atoms with Gasteiger partial charge in [0, 0.05) is 22.6 Å². The number of carbonyl (C=O) groups excluding carboxylic acids is 1. The number of hydrogen-bond donors (Lipinski definition) is 2. The first kappa shape index (κ1) is 22.2. The molecule has 0 saturated heterocycles. The van der Waals surface area contributed by atoms with Crippen LogP contribution in [0.25, 0.3) is 22.3 Å². The van der Waals surface area contributed by atoms with E-state index in [2.05, 4.69) is 25.2 Å². The molecule has 0 unspecified atom stereocenters. The van der Waals surface area contributed by atoms with Crippen LogP contribution in [0.1, 0.15) is 56.1 Å². The van der Waals surface area contributed by atoms with Gasteiger partial charge in [-0.3, -0.25) is 4.79 Å². The van der Waals surface area contributed by atoms with Gasteiger partial charge in [-0.15, -0.1) is 0 Å². The number of rotatable bonds is 4. The molecule has 2 aliphatic heterocycles. The lowest BCUT2D eigenvalue weighted by Crippen LogP contribution is -2.32. The van der Waals surface area contributed by atoms with Crippen LogP contribution < -0.4 is 10.9 Å². The summed E-state index contributed by atoms with van der Waals surface area (Å²) in [5.41, 5.74) is 4.90. The molecule has 0 radical (unpaired) electrons. The number of aliphatic hydroxyl groups is 1. The maximum atomic E-state index is 13.2. The predicted molar refractivity (Wildman–Crippen MR) is 123 cm³/mol. The molecule has 3 aromatic rings. The zero-order valence-electron chi connectivity index (χ0n) is 18.9. The number of nitrogens with zero attached hydrogens (tertiary/aromatic N) is 2. The van der Waals surface area contributed by atoms with E-state index in [-0.39, 0.29) is 12.2 Å². The third-order valence-electron chi connectivity index (χ3n) is 5.91. The third kappa shape index (κ3) is 3.61. The van der Waals surface area contributed by atoms with Crippen molar-refractivity contribution in [2.75, 3.05) is 6.54 Å². The van der Waals surface area contributed by atoms with Crippen molar-refractivity contribution in [3.8, 4) is 11.4 Å². The monoisotopic (exact) mass is 435 g/mol. The number of pyridine rings is 2. The minimum atomic E-state index is -1.44. The van der Waals surface area contributed by atoms with Gasteiger partial charge < -0.3 is 19.7 Å². The smallest absolute Gasteiger partial charge is 0.340 e. The molecule has 168 valence electrons. The minimum absolute atomic E-state index is 0.110. The molecule has 0 fully saturated rings. The molecule has 4 heterocycles. The van der Waals surface area contributed by atoms with E-state index < -0.39 is 12.1 Å². The summed E-state index contributed by atoms with van der Waals surface area (Å²) in [6, 6.07) is 10.1. The van der Waals surface area contributed by atoms with Crippen molar-refractivity contribution in [1.82, 2.24) is 14.9 Å². The van der Waals surface area contributed by atoms with Gasteiger partial charge in [-0.05, 0) is 30.7 Å². The van der Waals surface area contributed by atoms with Gasteiger partial charge in [-0.1, -0.05) is 45.9 Å². The fraction of sp³-hybridized carbons (Fsp3) is 0.400. The maximum Gasteiger partial charge on any atom is 0.340 e. The van der Waals surface area contributed by atoms with E-state index in [0.29, 0.717) is 29.4 Å². The van der Waals surface area contributed by atoms with Crippen LogP contribution in [-0.4, -0.2) is 33.2 Å². The molecule has 2 aromatic heterocycles. The van der Waals surface area contributed by atoms with Gasteiger partial charge in [0.05, 0.1) is 29.0 Å². The van der Waals surface area contributed by atoms with Crippen LogP contribution in [0.15, 0.2) is 35.1 Å². The van der Waals surface area contributed by atoms with Crippen LogP contribution in [-0.2, 0) is 29.1 Å². The van der Waals surface area contributed by atoms with E-state index >= 15 is 0 Å². The summed E-state index contributed by atoms with van der Waals surface area (Å²) in [5.74, 6) is -0.725. The molecule has 5 rings (SSSR count). The van der Waals surface area contributed by atoms with E-state index in [9.17, 15) is 14.7 Å². The second-order valence-electron chi connectivity index (χ2n) is 8.16. The highest BCUT2D eigenvalue weighted by Crippen LogP contribution is 2.37. The summed E-state index contributed by atoms with van der Waals surface area (Å²) in [6.07, 6.45) is -0.623. The van der Waals surface area contributed by atoms with Gasteiger partial charge >= 0.3 is 5.97 Å². The van der Waals surface area contributed by atoms with Crippen molar-refractivity contribution >= 4 is 16.9 Å². The number of esters is 1. The molecule has 0 saturated carbocycles. The van der Waals surface area contributed by atoms with E-state index in [1.165, 1.54) is 5.56 Å². The summed E-state index contributed by atoms with van der Waals surface area (Å²) >= 11 is 0. The maximum absolute atomic E-state index is 13.2. The number of benzene rings is 1. The summed E-state index contributed by atoms with van der Waals surface area (Å²) in [7, 11) is 0. The molecule has 1 aromatic carbocycles. The summed E-state index contributed by atoms with van der Waals surface area (Å²) in [5, 5.41) is 14.8. The van der Waals surface area contributed by atoms with Crippen molar-refractivity contribution < 1.29 is 14.6 Å². The molecule has 7 nitrogen and oxygen atoms in total. The Morgan fingerprint density at radius 3 is 2.72 bits per heavy atom. The second kappa shape index (κ2) is 8.84. The highest BCUT2D eigenvalue weighted by molar-refractivity contribution is 5.88. The first-order valence-corrected chi connectivity index (χ1v) is 11.2. The number of aliphatic hydroxyl groups excluding tert-OH is 1. The van der Waals surface area contributed by atoms with Gasteiger partial charge in [-0.25, -0.2) is 9.78 Å². The van der Waals surface area contributed by atoms with E-state index in [0.717, 1.165) is 35.1 Å². The van der Waals surface area contributed by atoms with Crippen LogP contribution in [0.5, 0.6) is 0 Å². The molecule has 2 N–H and O–H groups in total. The average molecular weight is 436 g/mol. The Hall–Kier alpha value is -3.03. The van der Waals surface area contributed by atoms with E-state index in [1.54, 1.807) is 10.6 Å². The quantitative estimate of drug-likeness (QED) is 0.479. The lowest BCUT2D eigenvalue weighted by molar-refractivity contribution is -0.157. The number of ether oxygens (including phenoxy) is 1. The SMILES string of the molecule is CC.CC(C)NCCc1c2c(nc3ccccc13)-c1cc3c(c(=O)n1C2)COC(=O)[C@H]3O. The number of carbonyl (C=O) groups is 1. The van der Waals surface area contributed by atoms with Crippen molar-refractivity contribution in [3.63, 3.8) is 0 Å². The zero-order valence-corrected chi connectivity index (χ0v) is 18.9. The van der Waals surface area contributed by atoms with Gasteiger partial charge in [0.15, 0.2) is 6.10 Å². The summed E-state index contributed by atoms with van der Waals surface area (Å²) < 4.78 is 6.65. The Balaban J connectivity index is 0.00000119. The number of hydrogen-bond acceptors (Lipinski definition) is 6. The fourth-order valence-electron chi connectivity index (χ4n) is 4.43. The summed E-state index contributed by atoms with van der Waals surface area (Å²) in [6.45, 7) is 9.37. The molecule has 2 aliphatic rings. The third-order valence-corrected chi connectivity index (χ3v) is 5.91. The number of fused-ring (bicyclic) bond motifs is 5. The highest BCUT2D eigenvalue weighted by atomic mass is 16.5. The lowest BCUT2D eigenvalue weighted by Gasteiger charge is -2.21. The standard InChI is InChI=1S/C23H23N3O4.C2H6/c1-12(2)24-8-7-13-14-5-3-4-6-18(14)25-20-16(13)10-26-19(20)9-15-17(22(26)28)11-30-23(29)21(15)27;1-2/h3-6,9,12,21,24,27H,7-8,10-11H2,1-2H3;1-2H3/t21-;/m0./s1. The van der Waals surface area contributed by atoms with Crippen LogP contribution >= 0.6 is 0 Å². The molecule has 0 bridgehead atoms. The molecule has 0 amide bonds. The van der Waals surface area contributed by atoms with Crippen LogP contribution in [0, 0.1) is 0 Å². The Bertz CT molecular complexity index is 1250. The number of aromatic nitrogens is 2. The van der Waals surface area contributed by atoms with Crippen LogP contribution in [0.4, 0.5) is 0 Å². The Labute approximate surface area is 187 Å². The normalized spacial score (nSPS) is 16.2. The highest BCUT2D eigenvalue weighted by Gasteiger charge is 2.34. The van der Waals surface area contributed by atoms with Crippen molar-refractivity contribution in [2.45, 2.75) is 59.4 Å². The number of cyclic esters (lactones) is 1. The van der Waals surface area contributed by atoms with Crippen LogP contribution in [0.3, 0.4) is 0 Å². The van der Waals surface area contributed by atoms with Gasteiger partial charge in [0.2, 0.25) is 0 Å². The minimum Gasteiger partial charge on any atom is -0.458 e. The Kier molecular flexibility index (Phi) is 6.13. The zero-order chi connectivity index (χ0) is 23.0. The Morgan fingerprint density at radius 2 is 1.97 bits per heavy atom. The van der Waals surface area contributed by atoms with E-state index in [1.807, 2.05) is 32.0 Å². The lowest BCUT2D eigenvalue weighted by atomic mass is 9.97. The topological polar surface area (TPSA) is 93.5 Å². The molecular formula is C25H29N3O4. The first-order chi connectivity index (χ1) is 15.5. The fourth-order valence-corrected chi connectivity index (χ4v) is 4.43. The second-order valence-corrected chi connectivity index (χ2v) is 8.16. The molecule has 0 aliphatic carbocycles. The van der Waals surface area contributed by atoms with E-state index in [4.69, 9.17) is 9.72 Å². The Morgan fingerprint density at radius 1 is 1.22 bits per heavy atom. The molecule has 0 spiro atoms. The molecular weight excluding hydrogens is 406 g/mol. The number of nitrogens with one attached hydrogen (secondary N) is 1. The molecule has 7 heteroatoms. The van der Waals surface area contributed by atoms with Gasteiger partial charge in [-0.2, -0.15) is 0 Å². The first-order valence-electron chi connectivity index (χ1n) is 11.2. The van der Waals surface area contributed by atoms with Crippen molar-refractivity contribution in [1.29, 1.82) is 0 Å².